The zero-order chi connectivity index (χ0) is 28.7. The van der Waals surface area contributed by atoms with Crippen molar-refractivity contribution in [3.8, 4) is 11.5 Å². The molecule has 2 aromatic rings. The van der Waals surface area contributed by atoms with E-state index in [2.05, 4.69) is 15.2 Å². The maximum absolute atomic E-state index is 15.7. The molecule has 0 spiro atoms. The van der Waals surface area contributed by atoms with Gasteiger partial charge in [-0.3, -0.25) is 0 Å². The molecule has 1 heterocycles. The largest absolute Gasteiger partial charge is 0.494 e. The van der Waals surface area contributed by atoms with Gasteiger partial charge in [0.05, 0.1) is 6.61 Å². The van der Waals surface area contributed by atoms with E-state index in [1.54, 1.807) is 52.0 Å². The molecule has 0 aromatic heterocycles. The predicted octanol–water partition coefficient (Wildman–Crippen LogP) is 4.58. The van der Waals surface area contributed by atoms with Crippen LogP contribution in [0.5, 0.6) is 11.5 Å². The van der Waals surface area contributed by atoms with Gasteiger partial charge < -0.3 is 35.3 Å². The van der Waals surface area contributed by atoms with Crippen LogP contribution in [-0.2, 0) is 9.53 Å². The number of hydrogen-bond donors (Lipinski definition) is 3. The maximum Gasteiger partial charge on any atom is 0.436 e. The van der Waals surface area contributed by atoms with E-state index in [9.17, 15) is 14.7 Å². The first-order valence-electron chi connectivity index (χ1n) is 12.8. The Balaban J connectivity index is 1.84. The number of halogens is 1. The fraction of sp³-hybridized carbons (Fsp3) is 0.464. The first-order chi connectivity index (χ1) is 18.4. The SMILES string of the molecule is CCOc1cc(OC2CCN(C)CC2)c(F)c(C(Nc2ccc(/C(N)=N\C(=O)OC(C)(C)C)cc2)C(=O)O)c1. The molecular formula is C28H37FN4O6. The Morgan fingerprint density at radius 1 is 1.21 bits per heavy atom. The van der Waals surface area contributed by atoms with E-state index in [1.165, 1.54) is 12.1 Å². The van der Waals surface area contributed by atoms with Crippen LogP contribution in [-0.4, -0.2) is 66.4 Å². The Morgan fingerprint density at radius 2 is 1.85 bits per heavy atom. The number of amidine groups is 1. The summed E-state index contributed by atoms with van der Waals surface area (Å²) in [6.07, 6.45) is 0.461. The first-order valence-corrected chi connectivity index (χ1v) is 12.8. The van der Waals surface area contributed by atoms with Gasteiger partial charge in [0.15, 0.2) is 17.6 Å². The topological polar surface area (TPSA) is 136 Å². The number of nitrogens with two attached hydrogens (primary N) is 1. The van der Waals surface area contributed by atoms with Gasteiger partial charge in [-0.2, -0.15) is 4.99 Å². The number of amides is 1. The molecule has 0 aliphatic carbocycles. The second-order valence-electron chi connectivity index (χ2n) is 10.3. The van der Waals surface area contributed by atoms with Gasteiger partial charge in [-0.05, 0) is 77.9 Å². The number of carboxylic acids is 1. The molecule has 1 aliphatic rings. The standard InChI is InChI=1S/C28H37FN4O6/c1-6-37-20-15-21(23(29)22(16-20)38-19-11-13-33(5)14-12-19)24(26(34)35)31-18-9-7-17(8-10-18)25(30)32-27(36)39-28(2,3)4/h7-10,15-16,19,24,31H,6,11-14H2,1-5H3,(H,34,35)(H2,30,32,36). The molecule has 1 fully saturated rings. The second-order valence-corrected chi connectivity index (χ2v) is 10.3. The number of piperidine rings is 1. The molecule has 1 unspecified atom stereocenters. The normalized spacial score (nSPS) is 15.9. The average molecular weight is 545 g/mol. The van der Waals surface area contributed by atoms with E-state index < -0.39 is 29.5 Å². The van der Waals surface area contributed by atoms with Crippen LogP contribution in [0.2, 0.25) is 0 Å². The summed E-state index contributed by atoms with van der Waals surface area (Å²) in [6.45, 7) is 8.90. The highest BCUT2D eigenvalue weighted by molar-refractivity contribution is 6.03. The number of ether oxygens (including phenoxy) is 3. The van der Waals surface area contributed by atoms with Gasteiger partial charge in [-0.1, -0.05) is 0 Å². The molecule has 3 rings (SSSR count). The van der Waals surface area contributed by atoms with E-state index in [0.29, 0.717) is 23.6 Å². The zero-order valence-corrected chi connectivity index (χ0v) is 23.0. The van der Waals surface area contributed by atoms with Crippen LogP contribution >= 0.6 is 0 Å². The number of aliphatic imine (C=N–C) groups is 1. The Labute approximate surface area is 227 Å². The van der Waals surface area contributed by atoms with E-state index in [-0.39, 0.29) is 23.3 Å². The number of benzene rings is 2. The molecule has 4 N–H and O–H groups in total. The number of anilines is 1. The van der Waals surface area contributed by atoms with Crippen molar-refractivity contribution in [2.24, 2.45) is 10.7 Å². The quantitative estimate of drug-likeness (QED) is 0.306. The summed E-state index contributed by atoms with van der Waals surface area (Å²) in [4.78, 5) is 30.1. The number of carbonyl (C=O) groups excluding carboxylic acids is 1. The number of carbonyl (C=O) groups is 2. The lowest BCUT2D eigenvalue weighted by atomic mass is 10.0. The molecule has 0 radical (unpaired) electrons. The minimum atomic E-state index is -1.44. The molecule has 1 amide bonds. The number of rotatable bonds is 9. The van der Waals surface area contributed by atoms with Gasteiger partial charge in [0.1, 0.15) is 23.3 Å². The van der Waals surface area contributed by atoms with Crippen molar-refractivity contribution in [3.05, 3.63) is 53.3 Å². The van der Waals surface area contributed by atoms with Gasteiger partial charge >= 0.3 is 12.1 Å². The highest BCUT2D eigenvalue weighted by Crippen LogP contribution is 2.34. The Hall–Kier alpha value is -3.86. The molecule has 0 saturated carbocycles. The van der Waals surface area contributed by atoms with Gasteiger partial charge in [0.2, 0.25) is 0 Å². The third-order valence-electron chi connectivity index (χ3n) is 5.97. The average Bonchev–Trinajstić information content (AvgIpc) is 2.85. The van der Waals surface area contributed by atoms with Crippen LogP contribution in [0.1, 0.15) is 57.7 Å². The number of nitrogens with zero attached hydrogens (tertiary/aromatic N) is 2. The fourth-order valence-electron chi connectivity index (χ4n) is 4.05. The van der Waals surface area contributed by atoms with Crippen molar-refractivity contribution >= 4 is 23.6 Å². The van der Waals surface area contributed by atoms with Gasteiger partial charge in [0.25, 0.3) is 0 Å². The van der Waals surface area contributed by atoms with Crippen LogP contribution in [0.4, 0.5) is 14.9 Å². The Bertz CT molecular complexity index is 1190. The van der Waals surface area contributed by atoms with Gasteiger partial charge in [0, 0.05) is 36.0 Å². The van der Waals surface area contributed by atoms with Crippen molar-refractivity contribution in [3.63, 3.8) is 0 Å². The minimum absolute atomic E-state index is 0.0416. The van der Waals surface area contributed by atoms with Crippen LogP contribution in [0, 0.1) is 5.82 Å². The number of likely N-dealkylation sites (tertiary alicyclic amines) is 1. The summed E-state index contributed by atoms with van der Waals surface area (Å²) in [5, 5.41) is 12.9. The number of nitrogens with one attached hydrogen (secondary N) is 1. The lowest BCUT2D eigenvalue weighted by Gasteiger charge is -2.30. The molecule has 1 saturated heterocycles. The molecule has 39 heavy (non-hydrogen) atoms. The number of carboxylic acid groups (broad SMARTS) is 1. The van der Waals surface area contributed by atoms with E-state index in [1.807, 2.05) is 7.05 Å². The monoisotopic (exact) mass is 544 g/mol. The van der Waals surface area contributed by atoms with Crippen molar-refractivity contribution < 1.29 is 33.3 Å². The fourth-order valence-corrected chi connectivity index (χ4v) is 4.05. The van der Waals surface area contributed by atoms with E-state index in [0.717, 1.165) is 25.9 Å². The maximum atomic E-state index is 15.7. The molecule has 212 valence electrons. The number of aliphatic carboxylic acids is 1. The van der Waals surface area contributed by atoms with E-state index >= 15 is 4.39 Å². The van der Waals surface area contributed by atoms with Crippen molar-refractivity contribution in [2.45, 2.75) is 58.3 Å². The number of hydrogen-bond acceptors (Lipinski definition) is 7. The lowest BCUT2D eigenvalue weighted by molar-refractivity contribution is -0.138. The van der Waals surface area contributed by atoms with E-state index in [4.69, 9.17) is 19.9 Å². The second kappa shape index (κ2) is 12.8. The minimum Gasteiger partial charge on any atom is -0.494 e. The molecule has 1 atom stereocenters. The van der Waals surface area contributed by atoms with Crippen molar-refractivity contribution in [1.29, 1.82) is 0 Å². The molecular weight excluding hydrogens is 507 g/mol. The highest BCUT2D eigenvalue weighted by Gasteiger charge is 2.28. The molecule has 2 aromatic carbocycles. The predicted molar refractivity (Wildman–Crippen MR) is 146 cm³/mol. The summed E-state index contributed by atoms with van der Waals surface area (Å²) >= 11 is 0. The summed E-state index contributed by atoms with van der Waals surface area (Å²) < 4.78 is 32.4. The molecule has 1 aliphatic heterocycles. The Kier molecular flexibility index (Phi) is 9.74. The smallest absolute Gasteiger partial charge is 0.436 e. The third-order valence-corrected chi connectivity index (χ3v) is 5.97. The summed E-state index contributed by atoms with van der Waals surface area (Å²) in [5.41, 5.74) is 5.90. The zero-order valence-electron chi connectivity index (χ0n) is 23.0. The van der Waals surface area contributed by atoms with Crippen molar-refractivity contribution in [1.82, 2.24) is 4.90 Å². The van der Waals surface area contributed by atoms with Crippen molar-refractivity contribution in [2.75, 3.05) is 32.1 Å². The van der Waals surface area contributed by atoms with Gasteiger partial charge in [-0.25, -0.2) is 14.0 Å². The summed E-state index contributed by atoms with van der Waals surface area (Å²) in [6, 6.07) is 7.63. The molecule has 10 nitrogen and oxygen atoms in total. The first kappa shape index (κ1) is 29.7. The molecule has 0 bridgehead atoms. The highest BCUT2D eigenvalue weighted by atomic mass is 19.1. The summed E-state index contributed by atoms with van der Waals surface area (Å²) in [7, 11) is 2.02. The third kappa shape index (κ3) is 8.57. The van der Waals surface area contributed by atoms with Crippen LogP contribution in [0.15, 0.2) is 41.4 Å². The summed E-state index contributed by atoms with van der Waals surface area (Å²) in [5.74, 6) is -1.84. The van der Waals surface area contributed by atoms with Crippen LogP contribution in [0.25, 0.3) is 0 Å². The lowest BCUT2D eigenvalue weighted by Crippen LogP contribution is -2.35. The van der Waals surface area contributed by atoms with Crippen LogP contribution < -0.4 is 20.5 Å². The Morgan fingerprint density at radius 3 is 2.41 bits per heavy atom. The molecule has 11 heteroatoms. The van der Waals surface area contributed by atoms with Crippen LogP contribution in [0.3, 0.4) is 0 Å². The van der Waals surface area contributed by atoms with Gasteiger partial charge in [-0.15, -0.1) is 0 Å².